The zero-order valence-electron chi connectivity index (χ0n) is 9.85. The van der Waals surface area contributed by atoms with Crippen LogP contribution in [0.15, 0.2) is 0 Å². The molecule has 2 aliphatic rings. The van der Waals surface area contributed by atoms with Gasteiger partial charge in [0.25, 0.3) is 0 Å². The molecule has 100 valence electrons. The summed E-state index contributed by atoms with van der Waals surface area (Å²) in [5.74, 6) is 2.07. The Balaban J connectivity index is 0.00000144. The van der Waals surface area contributed by atoms with Crippen molar-refractivity contribution in [1.82, 2.24) is 10.6 Å². The van der Waals surface area contributed by atoms with Crippen LogP contribution in [0.4, 0.5) is 0 Å². The van der Waals surface area contributed by atoms with Crippen LogP contribution in [-0.2, 0) is 4.79 Å². The van der Waals surface area contributed by atoms with Gasteiger partial charge in [0, 0.05) is 24.1 Å². The van der Waals surface area contributed by atoms with E-state index in [1.807, 2.05) is 0 Å². The second-order valence-corrected chi connectivity index (χ2v) is 5.66. The molecule has 1 heterocycles. The van der Waals surface area contributed by atoms with Gasteiger partial charge in [-0.15, -0.1) is 24.2 Å². The third-order valence-electron chi connectivity index (χ3n) is 3.44. The molecular formula is C11H21ClN2O2S. The number of rotatable bonds is 3. The molecule has 2 rings (SSSR count). The first kappa shape index (κ1) is 15.1. The van der Waals surface area contributed by atoms with E-state index in [4.69, 9.17) is 0 Å². The van der Waals surface area contributed by atoms with Crippen molar-refractivity contribution in [3.8, 4) is 0 Å². The number of hydrogen-bond donors (Lipinski definition) is 3. The van der Waals surface area contributed by atoms with Gasteiger partial charge in [-0.3, -0.25) is 10.1 Å². The number of nitrogens with one attached hydrogen (secondary N) is 2. The fourth-order valence-electron chi connectivity index (χ4n) is 2.34. The van der Waals surface area contributed by atoms with Crippen molar-refractivity contribution in [3.63, 3.8) is 0 Å². The van der Waals surface area contributed by atoms with Crippen molar-refractivity contribution in [2.75, 3.05) is 18.2 Å². The molecule has 3 unspecified atom stereocenters. The van der Waals surface area contributed by atoms with Gasteiger partial charge < -0.3 is 10.4 Å². The van der Waals surface area contributed by atoms with Crippen LogP contribution in [0.5, 0.6) is 0 Å². The molecule has 0 radical (unpaired) electrons. The zero-order chi connectivity index (χ0) is 11.4. The van der Waals surface area contributed by atoms with Crippen LogP contribution in [0.3, 0.4) is 0 Å². The minimum Gasteiger partial charge on any atom is -0.393 e. The molecule has 4 nitrogen and oxygen atoms in total. The Hall–Kier alpha value is 0.0300. The Bertz CT molecular complexity index is 250. The van der Waals surface area contributed by atoms with Gasteiger partial charge in [-0.05, 0) is 12.8 Å². The molecule has 1 saturated carbocycles. The fourth-order valence-corrected chi connectivity index (χ4v) is 3.29. The first-order valence-electron chi connectivity index (χ1n) is 6.04. The first-order valence-corrected chi connectivity index (χ1v) is 7.20. The number of carbonyl (C=O) groups excluding carboxylic acids is 1. The molecule has 0 aromatic rings. The average molecular weight is 281 g/mol. The fraction of sp³-hybridized carbons (Fsp3) is 0.909. The highest BCUT2D eigenvalue weighted by molar-refractivity contribution is 7.99. The maximum absolute atomic E-state index is 11.7. The monoisotopic (exact) mass is 280 g/mol. The van der Waals surface area contributed by atoms with E-state index in [0.29, 0.717) is 6.54 Å². The molecule has 1 aliphatic carbocycles. The average Bonchev–Trinajstić information content (AvgIpc) is 2.81. The summed E-state index contributed by atoms with van der Waals surface area (Å²) < 4.78 is 0. The molecule has 1 aliphatic heterocycles. The van der Waals surface area contributed by atoms with Gasteiger partial charge in [-0.2, -0.15) is 0 Å². The van der Waals surface area contributed by atoms with Gasteiger partial charge in [0.1, 0.15) is 0 Å². The van der Waals surface area contributed by atoms with Crippen molar-refractivity contribution in [3.05, 3.63) is 0 Å². The highest BCUT2D eigenvalue weighted by atomic mass is 35.5. The van der Waals surface area contributed by atoms with E-state index in [9.17, 15) is 9.90 Å². The maximum Gasteiger partial charge on any atom is 0.238 e. The molecule has 1 amide bonds. The van der Waals surface area contributed by atoms with E-state index in [0.717, 1.165) is 30.9 Å². The van der Waals surface area contributed by atoms with E-state index in [-0.39, 0.29) is 36.4 Å². The van der Waals surface area contributed by atoms with Gasteiger partial charge in [0.2, 0.25) is 5.91 Å². The molecule has 17 heavy (non-hydrogen) atoms. The van der Waals surface area contributed by atoms with E-state index >= 15 is 0 Å². The molecule has 3 N–H and O–H groups in total. The topological polar surface area (TPSA) is 61.4 Å². The quantitative estimate of drug-likeness (QED) is 0.714. The minimum absolute atomic E-state index is 0. The number of aliphatic hydroxyl groups excluding tert-OH is 1. The molecule has 0 spiro atoms. The number of carbonyl (C=O) groups is 1. The largest absolute Gasteiger partial charge is 0.393 e. The second-order valence-electron chi connectivity index (χ2n) is 4.63. The van der Waals surface area contributed by atoms with E-state index in [2.05, 4.69) is 10.6 Å². The van der Waals surface area contributed by atoms with Crippen molar-refractivity contribution in [2.45, 2.75) is 37.8 Å². The number of thioether (sulfide) groups is 1. The summed E-state index contributed by atoms with van der Waals surface area (Å²) in [5, 5.41) is 15.9. The second kappa shape index (κ2) is 7.46. The van der Waals surface area contributed by atoms with E-state index in [1.54, 1.807) is 11.8 Å². The van der Waals surface area contributed by atoms with Crippen molar-refractivity contribution < 1.29 is 9.90 Å². The van der Waals surface area contributed by atoms with Crippen LogP contribution < -0.4 is 10.6 Å². The smallest absolute Gasteiger partial charge is 0.238 e. The Morgan fingerprint density at radius 3 is 2.82 bits per heavy atom. The maximum atomic E-state index is 11.7. The molecule has 6 heteroatoms. The van der Waals surface area contributed by atoms with Gasteiger partial charge in [0.15, 0.2) is 0 Å². The Labute approximate surface area is 113 Å². The summed E-state index contributed by atoms with van der Waals surface area (Å²) >= 11 is 1.75. The van der Waals surface area contributed by atoms with Gasteiger partial charge >= 0.3 is 0 Å². The third kappa shape index (κ3) is 4.32. The van der Waals surface area contributed by atoms with Gasteiger partial charge in [-0.1, -0.05) is 12.8 Å². The van der Waals surface area contributed by atoms with Crippen molar-refractivity contribution >= 4 is 30.1 Å². The lowest BCUT2D eigenvalue weighted by Gasteiger charge is -2.28. The van der Waals surface area contributed by atoms with Crippen LogP contribution in [-0.4, -0.2) is 41.3 Å². The lowest BCUT2D eigenvalue weighted by molar-refractivity contribution is -0.122. The predicted molar refractivity (Wildman–Crippen MR) is 72.5 cm³/mol. The molecule has 0 aromatic carbocycles. The summed E-state index contributed by atoms with van der Waals surface area (Å²) in [7, 11) is 0. The van der Waals surface area contributed by atoms with Crippen LogP contribution in [0.25, 0.3) is 0 Å². The van der Waals surface area contributed by atoms with Gasteiger partial charge in [0.05, 0.1) is 12.1 Å². The summed E-state index contributed by atoms with van der Waals surface area (Å²) in [5.41, 5.74) is 0. The van der Waals surface area contributed by atoms with Crippen LogP contribution in [0.1, 0.15) is 25.7 Å². The summed E-state index contributed by atoms with van der Waals surface area (Å²) in [6.07, 6.45) is 3.99. The number of amides is 1. The molecule has 0 bridgehead atoms. The summed E-state index contributed by atoms with van der Waals surface area (Å²) in [6, 6.07) is -0.0364. The first-order chi connectivity index (χ1) is 7.77. The lowest BCUT2D eigenvalue weighted by atomic mass is 9.86. The van der Waals surface area contributed by atoms with Crippen LogP contribution in [0, 0.1) is 5.92 Å². The van der Waals surface area contributed by atoms with Crippen LogP contribution in [0.2, 0.25) is 0 Å². The predicted octanol–water partition coefficient (Wildman–Crippen LogP) is 0.738. The number of hydrogen-bond acceptors (Lipinski definition) is 4. The third-order valence-corrected chi connectivity index (χ3v) is 4.38. The summed E-state index contributed by atoms with van der Waals surface area (Å²) in [6.45, 7) is 0.628. The van der Waals surface area contributed by atoms with Crippen molar-refractivity contribution in [1.29, 1.82) is 0 Å². The van der Waals surface area contributed by atoms with E-state index in [1.165, 1.54) is 6.42 Å². The Morgan fingerprint density at radius 1 is 1.41 bits per heavy atom. The minimum atomic E-state index is -0.222. The summed E-state index contributed by atoms with van der Waals surface area (Å²) in [4.78, 5) is 11.7. The highest BCUT2D eigenvalue weighted by Gasteiger charge is 2.26. The van der Waals surface area contributed by atoms with Crippen LogP contribution >= 0.6 is 24.2 Å². The SMILES string of the molecule is Cl.O=C(NCC1CCCCC1O)C1CSCN1. The Morgan fingerprint density at radius 2 is 2.18 bits per heavy atom. The molecule has 0 aromatic heterocycles. The zero-order valence-corrected chi connectivity index (χ0v) is 11.5. The standard InChI is InChI=1S/C11H20N2O2S.ClH/c14-10-4-2-1-3-8(10)5-12-11(15)9-6-16-7-13-9;/h8-10,13-14H,1-7H2,(H,12,15);1H. The normalized spacial score (nSPS) is 32.9. The number of aliphatic hydroxyl groups is 1. The number of halogens is 1. The Kier molecular flexibility index (Phi) is 6.62. The van der Waals surface area contributed by atoms with Crippen molar-refractivity contribution in [2.24, 2.45) is 5.92 Å². The molecule has 2 fully saturated rings. The molecule has 1 saturated heterocycles. The molecule has 3 atom stereocenters. The van der Waals surface area contributed by atoms with Gasteiger partial charge in [-0.25, -0.2) is 0 Å². The highest BCUT2D eigenvalue weighted by Crippen LogP contribution is 2.23. The molecular weight excluding hydrogens is 260 g/mol. The van der Waals surface area contributed by atoms with E-state index < -0.39 is 0 Å². The lowest BCUT2D eigenvalue weighted by Crippen LogP contribution is -2.45.